The standard InChI is InChI=1S/C21H25N3O4/c1-15(25)13-23-20(26)18-6-2-3-7-19(18)28-17-8-11-24(12-9-17)21(27)16-5-4-10-22-14-16/h2-7,10,14-15,17,25H,8-9,11-13H2,1H3,(H,23,26). The summed E-state index contributed by atoms with van der Waals surface area (Å²) in [6.45, 7) is 2.98. The molecule has 1 unspecified atom stereocenters. The van der Waals surface area contributed by atoms with Crippen molar-refractivity contribution < 1.29 is 19.4 Å². The van der Waals surface area contributed by atoms with Crippen LogP contribution in [0.2, 0.25) is 0 Å². The van der Waals surface area contributed by atoms with Crippen LogP contribution in [-0.2, 0) is 0 Å². The number of aliphatic hydroxyl groups excluding tert-OH is 1. The van der Waals surface area contributed by atoms with Gasteiger partial charge in [0.2, 0.25) is 0 Å². The van der Waals surface area contributed by atoms with E-state index in [0.29, 0.717) is 42.8 Å². The molecule has 0 saturated carbocycles. The number of piperidine rings is 1. The van der Waals surface area contributed by atoms with Gasteiger partial charge in [-0.2, -0.15) is 0 Å². The molecular formula is C21H25N3O4. The molecule has 0 radical (unpaired) electrons. The van der Waals surface area contributed by atoms with Crippen LogP contribution in [0.1, 0.15) is 40.5 Å². The molecule has 0 aliphatic carbocycles. The summed E-state index contributed by atoms with van der Waals surface area (Å²) in [4.78, 5) is 30.7. The minimum absolute atomic E-state index is 0.0237. The number of hydrogen-bond donors (Lipinski definition) is 2. The molecule has 2 amide bonds. The second kappa shape index (κ2) is 9.32. The van der Waals surface area contributed by atoms with Crippen molar-refractivity contribution in [1.29, 1.82) is 0 Å². The third-order valence-corrected chi connectivity index (χ3v) is 4.62. The molecule has 1 saturated heterocycles. The molecule has 1 atom stereocenters. The minimum Gasteiger partial charge on any atom is -0.489 e. The van der Waals surface area contributed by atoms with Crippen LogP contribution in [0, 0.1) is 0 Å². The third-order valence-electron chi connectivity index (χ3n) is 4.62. The highest BCUT2D eigenvalue weighted by Gasteiger charge is 2.26. The lowest BCUT2D eigenvalue weighted by Crippen LogP contribution is -2.42. The average molecular weight is 383 g/mol. The zero-order chi connectivity index (χ0) is 19.9. The molecule has 2 heterocycles. The Morgan fingerprint density at radius 2 is 2.00 bits per heavy atom. The molecule has 1 aromatic heterocycles. The largest absolute Gasteiger partial charge is 0.489 e. The summed E-state index contributed by atoms with van der Waals surface area (Å²) in [5.74, 6) is 0.216. The number of pyridine rings is 1. The van der Waals surface area contributed by atoms with E-state index < -0.39 is 6.10 Å². The first-order valence-electron chi connectivity index (χ1n) is 9.46. The van der Waals surface area contributed by atoms with Crippen LogP contribution in [0.15, 0.2) is 48.8 Å². The number of carbonyl (C=O) groups excluding carboxylic acids is 2. The Balaban J connectivity index is 1.58. The number of amides is 2. The smallest absolute Gasteiger partial charge is 0.255 e. The zero-order valence-corrected chi connectivity index (χ0v) is 15.9. The van der Waals surface area contributed by atoms with Gasteiger partial charge in [0.05, 0.1) is 17.2 Å². The quantitative estimate of drug-likeness (QED) is 0.795. The Labute approximate surface area is 164 Å². The van der Waals surface area contributed by atoms with Crippen molar-refractivity contribution >= 4 is 11.8 Å². The van der Waals surface area contributed by atoms with Crippen molar-refractivity contribution in [2.45, 2.75) is 32.0 Å². The van der Waals surface area contributed by atoms with Crippen molar-refractivity contribution in [3.8, 4) is 5.75 Å². The number of rotatable bonds is 6. The van der Waals surface area contributed by atoms with E-state index >= 15 is 0 Å². The van der Waals surface area contributed by atoms with Gasteiger partial charge >= 0.3 is 0 Å². The average Bonchev–Trinajstić information content (AvgIpc) is 2.73. The molecule has 2 N–H and O–H groups in total. The molecule has 28 heavy (non-hydrogen) atoms. The topological polar surface area (TPSA) is 91.8 Å². The number of likely N-dealkylation sites (tertiary alicyclic amines) is 1. The number of ether oxygens (including phenoxy) is 1. The summed E-state index contributed by atoms with van der Waals surface area (Å²) in [5.41, 5.74) is 1.03. The molecular weight excluding hydrogens is 358 g/mol. The Bertz CT molecular complexity index is 802. The molecule has 1 aliphatic rings. The number of carbonyl (C=O) groups is 2. The fourth-order valence-corrected chi connectivity index (χ4v) is 3.12. The van der Waals surface area contributed by atoms with Crippen LogP contribution >= 0.6 is 0 Å². The summed E-state index contributed by atoms with van der Waals surface area (Å²) < 4.78 is 6.07. The van der Waals surface area contributed by atoms with Gasteiger partial charge in [0.15, 0.2) is 0 Å². The molecule has 7 heteroatoms. The van der Waals surface area contributed by atoms with Gasteiger partial charge in [0.25, 0.3) is 11.8 Å². The SMILES string of the molecule is CC(O)CNC(=O)c1ccccc1OC1CCN(C(=O)c2cccnc2)CC1. The summed E-state index contributed by atoms with van der Waals surface area (Å²) in [5, 5.41) is 12.0. The van der Waals surface area contributed by atoms with Gasteiger partial charge < -0.3 is 20.1 Å². The molecule has 3 rings (SSSR count). The predicted molar refractivity (Wildman–Crippen MR) is 104 cm³/mol. The lowest BCUT2D eigenvalue weighted by atomic mass is 10.1. The first-order valence-corrected chi connectivity index (χ1v) is 9.46. The van der Waals surface area contributed by atoms with Crippen LogP contribution in [0.4, 0.5) is 0 Å². The first kappa shape index (κ1) is 19.8. The number of hydrogen-bond acceptors (Lipinski definition) is 5. The van der Waals surface area contributed by atoms with Crippen LogP contribution < -0.4 is 10.1 Å². The molecule has 1 aromatic carbocycles. The number of aromatic nitrogens is 1. The van der Waals surface area contributed by atoms with Gasteiger partial charge in [-0.05, 0) is 31.2 Å². The molecule has 2 aromatic rings. The predicted octanol–water partition coefficient (Wildman–Crippen LogP) is 1.88. The Kier molecular flexibility index (Phi) is 6.60. The van der Waals surface area contributed by atoms with E-state index in [1.54, 1.807) is 54.5 Å². The second-order valence-electron chi connectivity index (χ2n) is 6.91. The summed E-state index contributed by atoms with van der Waals surface area (Å²) in [7, 11) is 0. The van der Waals surface area contributed by atoms with Crippen LogP contribution in [-0.4, -0.2) is 58.6 Å². The number of aliphatic hydroxyl groups is 1. The highest BCUT2D eigenvalue weighted by molar-refractivity contribution is 5.97. The van der Waals surface area contributed by atoms with Crippen molar-refractivity contribution in [3.63, 3.8) is 0 Å². The monoisotopic (exact) mass is 383 g/mol. The third kappa shape index (κ3) is 5.07. The van der Waals surface area contributed by atoms with Gasteiger partial charge in [0.1, 0.15) is 11.9 Å². The van der Waals surface area contributed by atoms with Crippen molar-refractivity contribution in [2.75, 3.05) is 19.6 Å². The molecule has 0 spiro atoms. The van der Waals surface area contributed by atoms with Crippen molar-refractivity contribution in [2.24, 2.45) is 0 Å². The van der Waals surface area contributed by atoms with E-state index in [1.165, 1.54) is 0 Å². The normalized spacial score (nSPS) is 15.7. The van der Waals surface area contributed by atoms with Gasteiger partial charge in [0, 0.05) is 44.9 Å². The van der Waals surface area contributed by atoms with Crippen LogP contribution in [0.25, 0.3) is 0 Å². The fourth-order valence-electron chi connectivity index (χ4n) is 3.12. The second-order valence-corrected chi connectivity index (χ2v) is 6.91. The van der Waals surface area contributed by atoms with E-state index in [4.69, 9.17) is 4.74 Å². The van der Waals surface area contributed by atoms with Crippen LogP contribution in [0.3, 0.4) is 0 Å². The number of nitrogens with zero attached hydrogens (tertiary/aromatic N) is 2. The lowest BCUT2D eigenvalue weighted by Gasteiger charge is -2.32. The zero-order valence-electron chi connectivity index (χ0n) is 15.9. The molecule has 1 aliphatic heterocycles. The molecule has 7 nitrogen and oxygen atoms in total. The summed E-state index contributed by atoms with van der Waals surface area (Å²) >= 11 is 0. The Morgan fingerprint density at radius 3 is 2.68 bits per heavy atom. The number of benzene rings is 1. The Hall–Kier alpha value is -2.93. The van der Waals surface area contributed by atoms with Gasteiger partial charge in [-0.1, -0.05) is 12.1 Å². The van der Waals surface area contributed by atoms with Gasteiger partial charge in [-0.15, -0.1) is 0 Å². The highest BCUT2D eigenvalue weighted by Crippen LogP contribution is 2.23. The minimum atomic E-state index is -0.612. The number of nitrogens with one attached hydrogen (secondary N) is 1. The first-order chi connectivity index (χ1) is 13.5. The maximum Gasteiger partial charge on any atom is 0.255 e. The Morgan fingerprint density at radius 1 is 1.25 bits per heavy atom. The van der Waals surface area contributed by atoms with Gasteiger partial charge in [-0.25, -0.2) is 0 Å². The van der Waals surface area contributed by atoms with E-state index in [1.807, 2.05) is 6.07 Å². The number of para-hydroxylation sites is 1. The molecule has 148 valence electrons. The van der Waals surface area contributed by atoms with Crippen molar-refractivity contribution in [1.82, 2.24) is 15.2 Å². The maximum absolute atomic E-state index is 12.5. The van der Waals surface area contributed by atoms with E-state index in [9.17, 15) is 14.7 Å². The van der Waals surface area contributed by atoms with E-state index in [-0.39, 0.29) is 24.5 Å². The molecule has 1 fully saturated rings. The van der Waals surface area contributed by atoms with Gasteiger partial charge in [-0.3, -0.25) is 14.6 Å². The van der Waals surface area contributed by atoms with E-state index in [2.05, 4.69) is 10.3 Å². The lowest BCUT2D eigenvalue weighted by molar-refractivity contribution is 0.0593. The fraction of sp³-hybridized carbons (Fsp3) is 0.381. The summed E-state index contributed by atoms with van der Waals surface area (Å²) in [6.07, 6.45) is 3.92. The van der Waals surface area contributed by atoms with Crippen LogP contribution in [0.5, 0.6) is 5.75 Å². The van der Waals surface area contributed by atoms with E-state index in [0.717, 1.165) is 0 Å². The highest BCUT2D eigenvalue weighted by atomic mass is 16.5. The molecule has 0 bridgehead atoms. The maximum atomic E-state index is 12.5. The van der Waals surface area contributed by atoms with Crippen molar-refractivity contribution in [3.05, 3.63) is 59.9 Å². The summed E-state index contributed by atoms with van der Waals surface area (Å²) in [6, 6.07) is 10.6.